The van der Waals surface area contributed by atoms with Crippen LogP contribution in [0.3, 0.4) is 0 Å². The van der Waals surface area contributed by atoms with Gasteiger partial charge < -0.3 is 5.32 Å². The van der Waals surface area contributed by atoms with Crippen LogP contribution in [0.1, 0.15) is 27.3 Å². The highest BCUT2D eigenvalue weighted by molar-refractivity contribution is 7.98. The van der Waals surface area contributed by atoms with Crippen molar-refractivity contribution in [3.05, 3.63) is 59.2 Å². The third kappa shape index (κ3) is 4.57. The van der Waals surface area contributed by atoms with Crippen LogP contribution in [0.25, 0.3) is 0 Å². The van der Waals surface area contributed by atoms with Crippen molar-refractivity contribution in [2.45, 2.75) is 12.7 Å². The molecule has 0 aliphatic rings. The summed E-state index contributed by atoms with van der Waals surface area (Å²) in [5, 5.41) is 11.8. The summed E-state index contributed by atoms with van der Waals surface area (Å²) in [6, 6.07) is 9.73. The molecule has 112 valence electrons. The minimum Gasteiger partial charge on any atom is -0.350 e. The van der Waals surface area contributed by atoms with Crippen molar-refractivity contribution < 1.29 is 4.79 Å². The molecule has 0 bridgehead atoms. The molecule has 0 aliphatic carbocycles. The van der Waals surface area contributed by atoms with Crippen molar-refractivity contribution in [1.29, 1.82) is 5.26 Å². The fraction of sp³-hybridized carbons (Fsp3) is 0.250. The molecule has 1 aromatic carbocycles. The van der Waals surface area contributed by atoms with Gasteiger partial charge >= 0.3 is 0 Å². The lowest BCUT2D eigenvalue weighted by Crippen LogP contribution is -2.26. The Bertz CT molecular complexity index is 679. The lowest BCUT2D eigenvalue weighted by atomic mass is 10.1. The Morgan fingerprint density at radius 3 is 2.86 bits per heavy atom. The zero-order valence-corrected chi connectivity index (χ0v) is 13.1. The van der Waals surface area contributed by atoms with Gasteiger partial charge in [-0.2, -0.15) is 17.0 Å². The molecule has 2 rings (SSSR count). The van der Waals surface area contributed by atoms with Crippen LogP contribution in [0, 0.1) is 18.3 Å². The third-order valence-electron chi connectivity index (χ3n) is 2.94. The molecular weight excluding hydrogens is 296 g/mol. The normalized spacial score (nSPS) is 10.0. The molecule has 2 aromatic rings. The van der Waals surface area contributed by atoms with E-state index in [0.717, 1.165) is 22.8 Å². The van der Waals surface area contributed by atoms with E-state index in [1.165, 1.54) is 6.20 Å². The number of aromatic nitrogens is 2. The van der Waals surface area contributed by atoms with E-state index in [-0.39, 0.29) is 5.91 Å². The highest BCUT2D eigenvalue weighted by Crippen LogP contribution is 2.15. The number of nitrogens with one attached hydrogen (secondary N) is 1. The molecule has 0 unspecified atom stereocenters. The summed E-state index contributed by atoms with van der Waals surface area (Å²) in [6.45, 7) is 2.37. The van der Waals surface area contributed by atoms with E-state index < -0.39 is 0 Å². The van der Waals surface area contributed by atoms with E-state index in [2.05, 4.69) is 21.4 Å². The zero-order valence-electron chi connectivity index (χ0n) is 12.2. The minimum absolute atomic E-state index is 0.217. The summed E-state index contributed by atoms with van der Waals surface area (Å²) >= 11 is 1.67. The molecule has 1 amide bonds. The van der Waals surface area contributed by atoms with Gasteiger partial charge in [-0.25, -0.2) is 4.98 Å². The van der Waals surface area contributed by atoms with Crippen LogP contribution >= 0.6 is 11.8 Å². The molecule has 0 atom stereocenters. The van der Waals surface area contributed by atoms with E-state index in [9.17, 15) is 4.79 Å². The molecule has 0 fully saturated rings. The quantitative estimate of drug-likeness (QED) is 0.828. The monoisotopic (exact) mass is 312 g/mol. The molecule has 6 heteroatoms. The van der Waals surface area contributed by atoms with E-state index in [4.69, 9.17) is 5.26 Å². The Morgan fingerprint density at radius 2 is 2.14 bits per heavy atom. The second-order valence-electron chi connectivity index (χ2n) is 4.62. The van der Waals surface area contributed by atoms with Gasteiger partial charge in [0.15, 0.2) is 0 Å². The fourth-order valence-electron chi connectivity index (χ4n) is 1.77. The third-order valence-corrected chi connectivity index (χ3v) is 3.95. The molecule has 0 spiro atoms. The number of hydrogen-bond donors (Lipinski definition) is 1. The standard InChI is InChI=1S/C16H16N4OS/c1-12-9-20-15(10-19-12)16(21)18-6-7-22-11-14-5-3-2-4-13(14)8-17/h2-5,9-10H,6-7,11H2,1H3,(H,18,21). The fourth-order valence-corrected chi connectivity index (χ4v) is 2.64. The van der Waals surface area contributed by atoms with Crippen molar-refractivity contribution in [2.24, 2.45) is 0 Å². The molecule has 22 heavy (non-hydrogen) atoms. The number of nitrogens with zero attached hydrogens (tertiary/aromatic N) is 3. The first-order chi connectivity index (χ1) is 10.7. The summed E-state index contributed by atoms with van der Waals surface area (Å²) in [6.07, 6.45) is 3.05. The maximum absolute atomic E-state index is 11.8. The number of rotatable bonds is 6. The molecule has 0 radical (unpaired) electrons. The molecule has 1 heterocycles. The molecule has 5 nitrogen and oxygen atoms in total. The topological polar surface area (TPSA) is 78.7 Å². The Morgan fingerprint density at radius 1 is 1.32 bits per heavy atom. The molecule has 1 N–H and O–H groups in total. The molecule has 0 saturated carbocycles. The summed E-state index contributed by atoms with van der Waals surface area (Å²) in [4.78, 5) is 19.9. The number of carbonyl (C=O) groups is 1. The number of aryl methyl sites for hydroxylation is 1. The summed E-state index contributed by atoms with van der Waals surface area (Å²) in [5.41, 5.74) is 2.83. The van der Waals surface area contributed by atoms with E-state index in [1.807, 2.05) is 31.2 Å². The van der Waals surface area contributed by atoms with Crippen LogP contribution in [0.5, 0.6) is 0 Å². The number of thioether (sulfide) groups is 1. The second kappa shape index (κ2) is 8.15. The Kier molecular flexibility index (Phi) is 5.92. The van der Waals surface area contributed by atoms with Gasteiger partial charge in [0.25, 0.3) is 5.91 Å². The summed E-state index contributed by atoms with van der Waals surface area (Å²) in [5.74, 6) is 1.31. The average Bonchev–Trinajstić information content (AvgIpc) is 2.55. The van der Waals surface area contributed by atoms with Crippen LogP contribution in [0.2, 0.25) is 0 Å². The second-order valence-corrected chi connectivity index (χ2v) is 5.73. The first-order valence-electron chi connectivity index (χ1n) is 6.83. The first kappa shape index (κ1) is 16.0. The SMILES string of the molecule is Cc1cnc(C(=O)NCCSCc2ccccc2C#N)cn1. The van der Waals surface area contributed by atoms with Crippen LogP contribution in [-0.4, -0.2) is 28.2 Å². The minimum atomic E-state index is -0.217. The van der Waals surface area contributed by atoms with E-state index in [0.29, 0.717) is 17.8 Å². The zero-order chi connectivity index (χ0) is 15.8. The highest BCUT2D eigenvalue weighted by atomic mass is 32.2. The lowest BCUT2D eigenvalue weighted by Gasteiger charge is -2.06. The largest absolute Gasteiger partial charge is 0.350 e. The van der Waals surface area contributed by atoms with Gasteiger partial charge in [0, 0.05) is 24.2 Å². The van der Waals surface area contributed by atoms with Gasteiger partial charge in [0.1, 0.15) is 5.69 Å². The van der Waals surface area contributed by atoms with Gasteiger partial charge in [-0.05, 0) is 18.6 Å². The van der Waals surface area contributed by atoms with Crippen LogP contribution in [0.15, 0.2) is 36.7 Å². The van der Waals surface area contributed by atoms with Gasteiger partial charge in [0.2, 0.25) is 0 Å². The molecular formula is C16H16N4OS. The van der Waals surface area contributed by atoms with E-state index >= 15 is 0 Å². The van der Waals surface area contributed by atoms with Crippen molar-refractivity contribution >= 4 is 17.7 Å². The Hall–Kier alpha value is -2.39. The van der Waals surface area contributed by atoms with Crippen LogP contribution in [-0.2, 0) is 5.75 Å². The number of carbonyl (C=O) groups excluding carboxylic acids is 1. The number of amides is 1. The Balaban J connectivity index is 1.72. The molecule has 1 aromatic heterocycles. The summed E-state index contributed by atoms with van der Waals surface area (Å²) < 4.78 is 0. The average molecular weight is 312 g/mol. The van der Waals surface area contributed by atoms with Crippen molar-refractivity contribution in [3.63, 3.8) is 0 Å². The van der Waals surface area contributed by atoms with Gasteiger partial charge in [0.05, 0.1) is 23.5 Å². The number of hydrogen-bond acceptors (Lipinski definition) is 5. The first-order valence-corrected chi connectivity index (χ1v) is 7.99. The summed E-state index contributed by atoms with van der Waals surface area (Å²) in [7, 11) is 0. The molecule has 0 aliphatic heterocycles. The van der Waals surface area contributed by atoms with Crippen molar-refractivity contribution in [2.75, 3.05) is 12.3 Å². The van der Waals surface area contributed by atoms with Crippen molar-refractivity contribution in [1.82, 2.24) is 15.3 Å². The van der Waals surface area contributed by atoms with Gasteiger partial charge in [-0.1, -0.05) is 18.2 Å². The maximum atomic E-state index is 11.8. The number of benzene rings is 1. The highest BCUT2D eigenvalue weighted by Gasteiger charge is 2.06. The van der Waals surface area contributed by atoms with Crippen LogP contribution in [0.4, 0.5) is 0 Å². The predicted molar refractivity (Wildman–Crippen MR) is 86.4 cm³/mol. The van der Waals surface area contributed by atoms with Crippen molar-refractivity contribution in [3.8, 4) is 6.07 Å². The lowest BCUT2D eigenvalue weighted by molar-refractivity contribution is 0.0951. The van der Waals surface area contributed by atoms with Gasteiger partial charge in [-0.15, -0.1) is 0 Å². The Labute approximate surface area is 133 Å². The van der Waals surface area contributed by atoms with Crippen LogP contribution < -0.4 is 5.32 Å². The molecule has 0 saturated heterocycles. The smallest absolute Gasteiger partial charge is 0.271 e. The van der Waals surface area contributed by atoms with Gasteiger partial charge in [-0.3, -0.25) is 9.78 Å². The number of nitriles is 1. The predicted octanol–water partition coefficient (Wildman–Crippen LogP) is 2.32. The maximum Gasteiger partial charge on any atom is 0.271 e. The van der Waals surface area contributed by atoms with E-state index in [1.54, 1.807) is 18.0 Å².